The molecule has 0 amide bonds. The van der Waals surface area contributed by atoms with Crippen LogP contribution in [0.25, 0.3) is 22.3 Å². The van der Waals surface area contributed by atoms with Crippen LogP contribution < -0.4 is 0 Å². The van der Waals surface area contributed by atoms with Crippen LogP contribution in [0.2, 0.25) is 0 Å². The predicted molar refractivity (Wildman–Crippen MR) is 102 cm³/mol. The third kappa shape index (κ3) is 1.64. The van der Waals surface area contributed by atoms with Crippen LogP contribution >= 0.6 is 0 Å². The Morgan fingerprint density at radius 1 is 0.708 bits per heavy atom. The van der Waals surface area contributed by atoms with Gasteiger partial charge in [-0.05, 0) is 64.8 Å². The van der Waals surface area contributed by atoms with Gasteiger partial charge < -0.3 is 0 Å². The van der Waals surface area contributed by atoms with E-state index in [4.69, 9.17) is 0 Å². The molecule has 24 heavy (non-hydrogen) atoms. The Kier molecular flexibility index (Phi) is 2.57. The van der Waals surface area contributed by atoms with E-state index in [-0.39, 0.29) is 5.41 Å². The average molecular weight is 310 g/mol. The molecule has 0 saturated heterocycles. The highest BCUT2D eigenvalue weighted by Gasteiger charge is 2.39. The number of benzene rings is 3. The molecule has 0 aromatic heterocycles. The van der Waals surface area contributed by atoms with E-state index in [1.807, 2.05) is 0 Å². The molecule has 118 valence electrons. The molecule has 0 heteroatoms. The molecule has 0 bridgehead atoms. The minimum atomic E-state index is 0.0825. The molecule has 0 atom stereocenters. The van der Waals surface area contributed by atoms with E-state index in [0.717, 1.165) is 6.42 Å². The van der Waals surface area contributed by atoms with E-state index < -0.39 is 0 Å². The topological polar surface area (TPSA) is 0 Å². The highest BCUT2D eigenvalue weighted by Crippen LogP contribution is 2.54. The summed E-state index contributed by atoms with van der Waals surface area (Å²) in [6.07, 6.45) is 1.08. The van der Waals surface area contributed by atoms with Crippen molar-refractivity contribution in [2.24, 2.45) is 0 Å². The van der Waals surface area contributed by atoms with Gasteiger partial charge in [0.15, 0.2) is 0 Å². The summed E-state index contributed by atoms with van der Waals surface area (Å²) in [5.74, 6) is 0. The van der Waals surface area contributed by atoms with Crippen molar-refractivity contribution in [3.05, 3.63) is 81.9 Å². The summed E-state index contributed by atoms with van der Waals surface area (Å²) in [6, 6.07) is 18.6. The summed E-state index contributed by atoms with van der Waals surface area (Å²) in [5, 5.41) is 0. The molecule has 0 heterocycles. The molecule has 3 aromatic rings. The monoisotopic (exact) mass is 310 g/mol. The van der Waals surface area contributed by atoms with E-state index in [2.05, 4.69) is 76.2 Å². The van der Waals surface area contributed by atoms with Crippen molar-refractivity contribution in [3.63, 3.8) is 0 Å². The van der Waals surface area contributed by atoms with Gasteiger partial charge in [-0.1, -0.05) is 73.5 Å². The van der Waals surface area contributed by atoms with Crippen LogP contribution in [0.3, 0.4) is 0 Å². The summed E-state index contributed by atoms with van der Waals surface area (Å²) in [7, 11) is 0. The molecular weight excluding hydrogens is 288 g/mol. The molecule has 0 radical (unpaired) electrons. The van der Waals surface area contributed by atoms with Crippen molar-refractivity contribution in [1.82, 2.24) is 0 Å². The normalized spacial score (nSPS) is 15.7. The van der Waals surface area contributed by atoms with Crippen LogP contribution in [-0.2, 0) is 11.8 Å². The van der Waals surface area contributed by atoms with Crippen molar-refractivity contribution in [2.75, 3.05) is 0 Å². The Morgan fingerprint density at radius 3 is 2.12 bits per heavy atom. The van der Waals surface area contributed by atoms with Gasteiger partial charge in [-0.15, -0.1) is 0 Å². The standard InChI is InChI=1S/C24H22/c1-14-5-7-17-16(11-14)13-21-18(17)9-10-20-19-8-6-15(2)12-22(19)24(3,4)23(20)21/h5-12H,13H2,1-4H3. The third-order valence-electron chi connectivity index (χ3n) is 5.99. The first-order valence-electron chi connectivity index (χ1n) is 8.84. The first-order chi connectivity index (χ1) is 11.5. The molecule has 0 aliphatic heterocycles. The minimum Gasteiger partial charge on any atom is -0.0587 e. The molecule has 2 aliphatic carbocycles. The number of hydrogen-bond donors (Lipinski definition) is 0. The largest absolute Gasteiger partial charge is 0.0587 e. The van der Waals surface area contributed by atoms with Crippen LogP contribution in [0.1, 0.15) is 47.2 Å². The lowest BCUT2D eigenvalue weighted by Gasteiger charge is -2.24. The van der Waals surface area contributed by atoms with E-state index in [0.29, 0.717) is 0 Å². The van der Waals surface area contributed by atoms with E-state index in [1.54, 1.807) is 11.1 Å². The van der Waals surface area contributed by atoms with Crippen LogP contribution in [0.4, 0.5) is 0 Å². The molecule has 0 spiro atoms. The van der Waals surface area contributed by atoms with Crippen LogP contribution in [0.15, 0.2) is 48.5 Å². The summed E-state index contributed by atoms with van der Waals surface area (Å²) >= 11 is 0. The van der Waals surface area contributed by atoms with Gasteiger partial charge in [0.2, 0.25) is 0 Å². The summed E-state index contributed by atoms with van der Waals surface area (Å²) in [6.45, 7) is 9.18. The smallest absolute Gasteiger partial charge is 0.0162 e. The first kappa shape index (κ1) is 14.0. The highest BCUT2D eigenvalue weighted by atomic mass is 14.4. The molecule has 0 fully saturated rings. The molecule has 2 aliphatic rings. The number of aryl methyl sites for hydroxylation is 2. The zero-order valence-corrected chi connectivity index (χ0v) is 14.8. The SMILES string of the molecule is Cc1ccc2c(c1)Cc1c-2ccc2c1C(C)(C)c1cc(C)ccc1-2. The van der Waals surface area contributed by atoms with Crippen molar-refractivity contribution in [3.8, 4) is 22.3 Å². The first-order valence-corrected chi connectivity index (χ1v) is 8.84. The lowest BCUT2D eigenvalue weighted by Crippen LogP contribution is -2.17. The van der Waals surface area contributed by atoms with Gasteiger partial charge in [-0.2, -0.15) is 0 Å². The lowest BCUT2D eigenvalue weighted by atomic mass is 9.79. The van der Waals surface area contributed by atoms with Crippen molar-refractivity contribution in [2.45, 2.75) is 39.5 Å². The fourth-order valence-electron chi connectivity index (χ4n) is 4.89. The van der Waals surface area contributed by atoms with E-state index in [1.165, 1.54) is 44.5 Å². The second-order valence-corrected chi connectivity index (χ2v) is 8.03. The van der Waals surface area contributed by atoms with Gasteiger partial charge >= 0.3 is 0 Å². The van der Waals surface area contributed by atoms with Crippen LogP contribution in [0.5, 0.6) is 0 Å². The lowest BCUT2D eigenvalue weighted by molar-refractivity contribution is 0.654. The van der Waals surface area contributed by atoms with E-state index in [9.17, 15) is 0 Å². The Morgan fingerprint density at radius 2 is 1.33 bits per heavy atom. The van der Waals surface area contributed by atoms with Gasteiger partial charge in [-0.25, -0.2) is 0 Å². The van der Waals surface area contributed by atoms with Crippen LogP contribution in [0, 0.1) is 13.8 Å². The summed E-state index contributed by atoms with van der Waals surface area (Å²) < 4.78 is 0. The van der Waals surface area contributed by atoms with Crippen LogP contribution in [-0.4, -0.2) is 0 Å². The molecule has 0 N–H and O–H groups in total. The maximum Gasteiger partial charge on any atom is 0.0162 e. The number of fused-ring (bicyclic) bond motifs is 7. The molecule has 5 rings (SSSR count). The zero-order chi connectivity index (χ0) is 16.6. The number of hydrogen-bond acceptors (Lipinski definition) is 0. The molecule has 0 nitrogen and oxygen atoms in total. The van der Waals surface area contributed by atoms with Gasteiger partial charge in [0.25, 0.3) is 0 Å². The number of rotatable bonds is 0. The van der Waals surface area contributed by atoms with Crippen molar-refractivity contribution < 1.29 is 0 Å². The third-order valence-corrected chi connectivity index (χ3v) is 5.99. The van der Waals surface area contributed by atoms with Gasteiger partial charge in [0.1, 0.15) is 0 Å². The highest BCUT2D eigenvalue weighted by molar-refractivity contribution is 5.89. The summed E-state index contributed by atoms with van der Waals surface area (Å²) in [5.41, 5.74) is 14.6. The molecule has 0 saturated carbocycles. The van der Waals surface area contributed by atoms with Gasteiger partial charge in [-0.3, -0.25) is 0 Å². The van der Waals surface area contributed by atoms with Crippen molar-refractivity contribution in [1.29, 1.82) is 0 Å². The molecule has 3 aromatic carbocycles. The second kappa shape index (κ2) is 4.39. The average Bonchev–Trinajstić information content (AvgIpc) is 3.00. The Labute approximate surface area is 144 Å². The van der Waals surface area contributed by atoms with Gasteiger partial charge in [0, 0.05) is 5.41 Å². The maximum atomic E-state index is 2.39. The fraction of sp³-hybridized carbons (Fsp3) is 0.250. The molecular formula is C24H22. The Hall–Kier alpha value is -2.34. The minimum absolute atomic E-state index is 0.0825. The fourth-order valence-corrected chi connectivity index (χ4v) is 4.89. The quantitative estimate of drug-likeness (QED) is 0.364. The van der Waals surface area contributed by atoms with E-state index >= 15 is 0 Å². The summed E-state index contributed by atoms with van der Waals surface area (Å²) in [4.78, 5) is 0. The zero-order valence-electron chi connectivity index (χ0n) is 14.8. The Balaban J connectivity index is 1.81. The molecule has 0 unspecified atom stereocenters. The van der Waals surface area contributed by atoms with Crippen molar-refractivity contribution >= 4 is 0 Å². The van der Waals surface area contributed by atoms with Gasteiger partial charge in [0.05, 0.1) is 0 Å². The Bertz CT molecular complexity index is 1020. The second-order valence-electron chi connectivity index (χ2n) is 8.03. The predicted octanol–water partition coefficient (Wildman–Crippen LogP) is 6.18. The maximum absolute atomic E-state index is 2.39.